The van der Waals surface area contributed by atoms with Crippen molar-refractivity contribution < 1.29 is 18.3 Å². The quantitative estimate of drug-likeness (QED) is 0.728. The zero-order valence-electron chi connectivity index (χ0n) is 9.52. The molecule has 1 amide bonds. The SMILES string of the molecule is CC1(C)CS(=O)(=O)c2ccc(O)cc2NC1=O. The number of aromatic hydroxyl groups is 1. The van der Waals surface area contributed by atoms with Crippen molar-refractivity contribution in [2.45, 2.75) is 18.7 Å². The molecule has 1 heterocycles. The Hall–Kier alpha value is -1.56. The van der Waals surface area contributed by atoms with E-state index in [0.29, 0.717) is 0 Å². The van der Waals surface area contributed by atoms with Crippen molar-refractivity contribution >= 4 is 21.4 Å². The van der Waals surface area contributed by atoms with E-state index in [1.54, 1.807) is 13.8 Å². The van der Waals surface area contributed by atoms with Crippen LogP contribution in [-0.4, -0.2) is 25.2 Å². The summed E-state index contributed by atoms with van der Waals surface area (Å²) in [5, 5.41) is 11.9. The molecule has 5 nitrogen and oxygen atoms in total. The minimum Gasteiger partial charge on any atom is -0.508 e. The van der Waals surface area contributed by atoms with Crippen LogP contribution in [0.15, 0.2) is 23.1 Å². The van der Waals surface area contributed by atoms with Crippen molar-refractivity contribution in [3.05, 3.63) is 18.2 Å². The number of phenols is 1. The molecule has 1 aliphatic heterocycles. The Kier molecular flexibility index (Phi) is 2.43. The highest BCUT2D eigenvalue weighted by atomic mass is 32.2. The second kappa shape index (κ2) is 3.46. The topological polar surface area (TPSA) is 83.5 Å². The van der Waals surface area contributed by atoms with Gasteiger partial charge in [-0.05, 0) is 12.1 Å². The summed E-state index contributed by atoms with van der Waals surface area (Å²) in [6.07, 6.45) is 0. The van der Waals surface area contributed by atoms with Crippen LogP contribution in [0.5, 0.6) is 5.75 Å². The number of carbonyl (C=O) groups is 1. The number of hydrogen-bond acceptors (Lipinski definition) is 4. The van der Waals surface area contributed by atoms with Gasteiger partial charge in [-0.3, -0.25) is 4.79 Å². The van der Waals surface area contributed by atoms with Gasteiger partial charge >= 0.3 is 0 Å². The summed E-state index contributed by atoms with van der Waals surface area (Å²) in [6, 6.07) is 3.84. The molecule has 2 N–H and O–H groups in total. The Labute approximate surface area is 99.4 Å². The predicted octanol–water partition coefficient (Wildman–Crippen LogP) is 1.14. The molecule has 6 heteroatoms. The van der Waals surface area contributed by atoms with Crippen LogP contribution >= 0.6 is 0 Å². The lowest BCUT2D eigenvalue weighted by Gasteiger charge is -2.18. The zero-order valence-corrected chi connectivity index (χ0v) is 10.3. The number of fused-ring (bicyclic) bond motifs is 1. The van der Waals surface area contributed by atoms with Gasteiger partial charge in [0.05, 0.1) is 21.8 Å². The van der Waals surface area contributed by atoms with Gasteiger partial charge in [0.25, 0.3) is 0 Å². The van der Waals surface area contributed by atoms with Gasteiger partial charge in [0, 0.05) is 6.07 Å². The van der Waals surface area contributed by atoms with Crippen molar-refractivity contribution in [1.29, 1.82) is 0 Å². The first kappa shape index (κ1) is 11.9. The number of phenolic OH excluding ortho intramolecular Hbond substituents is 1. The van der Waals surface area contributed by atoms with Gasteiger partial charge in [-0.1, -0.05) is 13.8 Å². The summed E-state index contributed by atoms with van der Waals surface area (Å²) in [6.45, 7) is 3.15. The molecule has 17 heavy (non-hydrogen) atoms. The molecular formula is C11H13NO4S. The molecule has 0 atom stereocenters. The fraction of sp³-hybridized carbons (Fsp3) is 0.364. The third-order valence-electron chi connectivity index (χ3n) is 2.71. The molecular weight excluding hydrogens is 242 g/mol. The fourth-order valence-electron chi connectivity index (χ4n) is 1.80. The summed E-state index contributed by atoms with van der Waals surface area (Å²) < 4.78 is 24.2. The van der Waals surface area contributed by atoms with Crippen LogP contribution in [0.25, 0.3) is 0 Å². The Balaban J connectivity index is 2.68. The Bertz CT molecular complexity index is 589. The average Bonchev–Trinajstić information content (AvgIpc) is 2.20. The number of anilines is 1. The van der Waals surface area contributed by atoms with E-state index in [1.165, 1.54) is 18.2 Å². The first-order chi connectivity index (χ1) is 7.72. The molecule has 0 saturated carbocycles. The van der Waals surface area contributed by atoms with E-state index >= 15 is 0 Å². The summed E-state index contributed by atoms with van der Waals surface area (Å²) in [5.74, 6) is -0.701. The van der Waals surface area contributed by atoms with Crippen molar-refractivity contribution in [3.63, 3.8) is 0 Å². The molecule has 1 aromatic rings. The Morgan fingerprint density at radius 1 is 1.35 bits per heavy atom. The standard InChI is InChI=1S/C11H13NO4S/c1-11(2)6-17(15,16)9-4-3-7(13)5-8(9)12-10(11)14/h3-5,13H,6H2,1-2H3,(H,12,14). The number of rotatable bonds is 0. The van der Waals surface area contributed by atoms with Crippen molar-refractivity contribution in [2.24, 2.45) is 5.41 Å². The number of hydrogen-bond donors (Lipinski definition) is 2. The highest BCUT2D eigenvalue weighted by molar-refractivity contribution is 7.91. The first-order valence-electron chi connectivity index (χ1n) is 5.10. The molecule has 0 spiro atoms. The molecule has 0 aliphatic carbocycles. The van der Waals surface area contributed by atoms with E-state index in [9.17, 15) is 18.3 Å². The minimum absolute atomic E-state index is 0.0502. The molecule has 0 bridgehead atoms. The van der Waals surface area contributed by atoms with Crippen LogP contribution in [-0.2, 0) is 14.6 Å². The smallest absolute Gasteiger partial charge is 0.231 e. The summed E-state index contributed by atoms with van der Waals surface area (Å²) in [4.78, 5) is 11.9. The van der Waals surface area contributed by atoms with Crippen LogP contribution < -0.4 is 5.32 Å². The van der Waals surface area contributed by atoms with Crippen LogP contribution in [0.4, 0.5) is 5.69 Å². The molecule has 0 aromatic heterocycles. The Morgan fingerprint density at radius 2 is 2.00 bits per heavy atom. The number of benzene rings is 1. The number of sulfone groups is 1. The molecule has 0 radical (unpaired) electrons. The normalized spacial score (nSPS) is 21.2. The number of nitrogens with one attached hydrogen (secondary N) is 1. The number of amides is 1. The zero-order chi connectivity index (χ0) is 12.8. The lowest BCUT2D eigenvalue weighted by molar-refractivity contribution is -0.122. The summed E-state index contributed by atoms with van der Waals surface area (Å²) >= 11 is 0. The largest absolute Gasteiger partial charge is 0.508 e. The fourth-order valence-corrected chi connectivity index (χ4v) is 3.75. The van der Waals surface area contributed by atoms with Crippen molar-refractivity contribution in [2.75, 3.05) is 11.1 Å². The highest BCUT2D eigenvalue weighted by Crippen LogP contribution is 2.34. The second-order valence-corrected chi connectivity index (χ2v) is 6.74. The minimum atomic E-state index is -3.53. The van der Waals surface area contributed by atoms with Gasteiger partial charge in [0.15, 0.2) is 9.84 Å². The third-order valence-corrected chi connectivity index (χ3v) is 4.84. The van der Waals surface area contributed by atoms with E-state index in [0.717, 1.165) is 0 Å². The average molecular weight is 255 g/mol. The lowest BCUT2D eigenvalue weighted by atomic mass is 9.95. The van der Waals surface area contributed by atoms with Crippen LogP contribution in [0.3, 0.4) is 0 Å². The van der Waals surface area contributed by atoms with Gasteiger partial charge in [0.2, 0.25) is 5.91 Å². The maximum atomic E-state index is 12.1. The van der Waals surface area contributed by atoms with E-state index in [4.69, 9.17) is 0 Å². The van der Waals surface area contributed by atoms with E-state index in [-0.39, 0.29) is 28.0 Å². The van der Waals surface area contributed by atoms with Gasteiger partial charge in [-0.2, -0.15) is 0 Å². The van der Waals surface area contributed by atoms with Gasteiger partial charge < -0.3 is 10.4 Å². The molecule has 0 fully saturated rings. The van der Waals surface area contributed by atoms with Gasteiger partial charge in [0.1, 0.15) is 5.75 Å². The molecule has 92 valence electrons. The van der Waals surface area contributed by atoms with E-state index in [1.807, 2.05) is 0 Å². The van der Waals surface area contributed by atoms with Crippen molar-refractivity contribution in [3.8, 4) is 5.75 Å². The highest BCUT2D eigenvalue weighted by Gasteiger charge is 2.38. The predicted molar refractivity (Wildman–Crippen MR) is 62.6 cm³/mol. The van der Waals surface area contributed by atoms with Crippen molar-refractivity contribution in [1.82, 2.24) is 0 Å². The van der Waals surface area contributed by atoms with E-state index < -0.39 is 15.3 Å². The van der Waals surface area contributed by atoms with Gasteiger partial charge in [-0.15, -0.1) is 0 Å². The summed E-state index contributed by atoms with van der Waals surface area (Å²) in [7, 11) is -3.53. The third kappa shape index (κ3) is 2.00. The van der Waals surface area contributed by atoms with Gasteiger partial charge in [-0.25, -0.2) is 8.42 Å². The summed E-state index contributed by atoms with van der Waals surface area (Å²) in [5.41, 5.74) is -0.853. The molecule has 0 saturated heterocycles. The second-order valence-electron chi connectivity index (χ2n) is 4.78. The molecule has 2 rings (SSSR count). The molecule has 1 aromatic carbocycles. The number of carbonyl (C=O) groups excluding carboxylic acids is 1. The Morgan fingerprint density at radius 3 is 2.65 bits per heavy atom. The maximum absolute atomic E-state index is 12.1. The van der Waals surface area contributed by atoms with Crippen LogP contribution in [0, 0.1) is 5.41 Å². The van der Waals surface area contributed by atoms with Crippen LogP contribution in [0.1, 0.15) is 13.8 Å². The molecule has 0 unspecified atom stereocenters. The first-order valence-corrected chi connectivity index (χ1v) is 6.75. The van der Waals surface area contributed by atoms with Crippen LogP contribution in [0.2, 0.25) is 0 Å². The lowest BCUT2D eigenvalue weighted by Crippen LogP contribution is -2.34. The molecule has 1 aliphatic rings. The maximum Gasteiger partial charge on any atom is 0.231 e. The monoisotopic (exact) mass is 255 g/mol. The van der Waals surface area contributed by atoms with E-state index in [2.05, 4.69) is 5.32 Å².